The maximum absolute atomic E-state index is 12.3. The van der Waals surface area contributed by atoms with E-state index in [1.807, 2.05) is 0 Å². The highest BCUT2D eigenvalue weighted by Gasteiger charge is 2.02. The normalized spacial score (nSPS) is 12.6. The summed E-state index contributed by atoms with van der Waals surface area (Å²) in [5.74, 6) is 0. The van der Waals surface area contributed by atoms with E-state index in [2.05, 4.69) is 9.97 Å². The van der Waals surface area contributed by atoms with Crippen molar-refractivity contribution in [3.8, 4) is 0 Å². The van der Waals surface area contributed by atoms with Gasteiger partial charge in [0.2, 0.25) is 0 Å². The van der Waals surface area contributed by atoms with Crippen molar-refractivity contribution in [3.63, 3.8) is 0 Å². The summed E-state index contributed by atoms with van der Waals surface area (Å²) >= 11 is 23.9. The second-order valence-electron chi connectivity index (χ2n) is 5.36. The third kappa shape index (κ3) is 4.22. The number of aromatic nitrogens is 2. The highest BCUT2D eigenvalue weighted by molar-refractivity contribution is 6.36. The van der Waals surface area contributed by atoms with E-state index < -0.39 is 11.1 Å². The summed E-state index contributed by atoms with van der Waals surface area (Å²) in [7, 11) is 0. The number of rotatable bonds is 2. The molecule has 0 atom stereocenters. The smallest absolute Gasteiger partial charge is 0.272 e. The van der Waals surface area contributed by atoms with Crippen LogP contribution in [-0.2, 0) is 0 Å². The van der Waals surface area contributed by atoms with E-state index in [4.69, 9.17) is 46.4 Å². The van der Waals surface area contributed by atoms with E-state index in [1.165, 1.54) is 12.2 Å². The molecule has 0 bridgehead atoms. The second-order valence-corrected chi connectivity index (χ2v) is 7.04. The Balaban J connectivity index is 2.15. The van der Waals surface area contributed by atoms with Crippen molar-refractivity contribution >= 4 is 58.6 Å². The van der Waals surface area contributed by atoms with Gasteiger partial charge in [0.15, 0.2) is 0 Å². The molecule has 2 N–H and O–H groups in total. The Bertz CT molecular complexity index is 1130. The zero-order valence-electron chi connectivity index (χ0n) is 12.9. The van der Waals surface area contributed by atoms with E-state index in [1.54, 1.807) is 36.4 Å². The molecule has 0 radical (unpaired) electrons. The molecule has 0 aliphatic heterocycles. The molecule has 0 aliphatic carbocycles. The van der Waals surface area contributed by atoms with Crippen molar-refractivity contribution in [2.45, 2.75) is 0 Å². The number of benzene rings is 2. The molecule has 0 saturated carbocycles. The van der Waals surface area contributed by atoms with Crippen LogP contribution < -0.4 is 21.8 Å². The van der Waals surface area contributed by atoms with Gasteiger partial charge in [-0.15, -0.1) is 0 Å². The molecule has 1 heterocycles. The molecule has 0 aliphatic rings. The van der Waals surface area contributed by atoms with Crippen LogP contribution in [0.4, 0.5) is 0 Å². The van der Waals surface area contributed by atoms with Crippen LogP contribution >= 0.6 is 46.4 Å². The first-order chi connectivity index (χ1) is 12.3. The summed E-state index contributed by atoms with van der Waals surface area (Å²) in [6.45, 7) is 0. The van der Waals surface area contributed by atoms with Gasteiger partial charge in [-0.25, -0.2) is 0 Å². The van der Waals surface area contributed by atoms with Crippen LogP contribution in [-0.4, -0.2) is 9.97 Å². The molecule has 1 aromatic heterocycles. The van der Waals surface area contributed by atoms with E-state index in [9.17, 15) is 9.59 Å². The predicted molar refractivity (Wildman–Crippen MR) is 107 cm³/mol. The summed E-state index contributed by atoms with van der Waals surface area (Å²) < 4.78 is 0. The fourth-order valence-corrected chi connectivity index (χ4v) is 3.17. The molecule has 0 unspecified atom stereocenters. The number of H-pyrrole nitrogens is 2. The van der Waals surface area contributed by atoms with Gasteiger partial charge < -0.3 is 9.97 Å². The van der Waals surface area contributed by atoms with Crippen molar-refractivity contribution in [2.24, 2.45) is 0 Å². The number of nitrogens with one attached hydrogen (secondary N) is 2. The second kappa shape index (κ2) is 7.72. The molecule has 132 valence electrons. The number of halogens is 4. The Kier molecular flexibility index (Phi) is 5.58. The first-order valence-corrected chi connectivity index (χ1v) is 8.81. The van der Waals surface area contributed by atoms with Gasteiger partial charge in [0.25, 0.3) is 11.1 Å². The van der Waals surface area contributed by atoms with Crippen molar-refractivity contribution in [1.29, 1.82) is 0 Å². The summed E-state index contributed by atoms with van der Waals surface area (Å²) in [6.07, 6.45) is 2.94. The molecular weight excluding hydrogens is 418 g/mol. The average molecular weight is 428 g/mol. The minimum absolute atomic E-state index is 0.0681. The van der Waals surface area contributed by atoms with E-state index in [0.717, 1.165) is 0 Å². The van der Waals surface area contributed by atoms with Gasteiger partial charge in [-0.05, 0) is 47.5 Å². The zero-order valence-corrected chi connectivity index (χ0v) is 16.0. The van der Waals surface area contributed by atoms with Gasteiger partial charge in [0.05, 0.1) is 0 Å². The average Bonchev–Trinajstić information content (AvgIpc) is 2.57. The van der Waals surface area contributed by atoms with E-state index in [-0.39, 0.29) is 10.7 Å². The van der Waals surface area contributed by atoms with Crippen molar-refractivity contribution < 1.29 is 0 Å². The Hall–Kier alpha value is -1.98. The molecule has 8 heteroatoms. The van der Waals surface area contributed by atoms with Gasteiger partial charge in [-0.3, -0.25) is 9.59 Å². The third-order valence-corrected chi connectivity index (χ3v) is 4.64. The zero-order chi connectivity index (χ0) is 18.8. The maximum atomic E-state index is 12.3. The third-order valence-electron chi connectivity index (χ3n) is 3.51. The molecule has 2 aromatic carbocycles. The quantitative estimate of drug-likeness (QED) is 0.658. The van der Waals surface area contributed by atoms with Crippen LogP contribution in [0.25, 0.3) is 12.2 Å². The Morgan fingerprint density at radius 2 is 1.04 bits per heavy atom. The molecule has 0 saturated heterocycles. The Morgan fingerprint density at radius 1 is 0.654 bits per heavy atom. The molecule has 0 fully saturated rings. The minimum Gasteiger partial charge on any atom is -0.316 e. The number of hydrogen-bond donors (Lipinski definition) is 2. The van der Waals surface area contributed by atoms with E-state index in [0.29, 0.717) is 31.2 Å². The van der Waals surface area contributed by atoms with Crippen LogP contribution in [0.5, 0.6) is 0 Å². The predicted octanol–water partition coefficient (Wildman–Crippen LogP) is 3.33. The molecular formula is C18H10Cl4N2O2. The fraction of sp³-hybridized carbons (Fsp3) is 0. The monoisotopic (exact) mass is 426 g/mol. The largest absolute Gasteiger partial charge is 0.316 e. The van der Waals surface area contributed by atoms with Gasteiger partial charge >= 0.3 is 0 Å². The molecule has 26 heavy (non-hydrogen) atoms. The van der Waals surface area contributed by atoms with Gasteiger partial charge in [0.1, 0.15) is 10.7 Å². The van der Waals surface area contributed by atoms with Gasteiger partial charge in [0, 0.05) is 20.1 Å². The summed E-state index contributed by atoms with van der Waals surface area (Å²) in [5, 5.41) is 1.80. The molecule has 0 amide bonds. The summed E-state index contributed by atoms with van der Waals surface area (Å²) in [6, 6.07) is 9.66. The lowest BCUT2D eigenvalue weighted by Crippen LogP contribution is -2.46. The number of aromatic amines is 2. The molecule has 4 nitrogen and oxygen atoms in total. The first-order valence-electron chi connectivity index (χ1n) is 7.29. The molecule has 0 spiro atoms. The lowest BCUT2D eigenvalue weighted by atomic mass is 10.2. The molecule has 3 rings (SSSR count). The van der Waals surface area contributed by atoms with Crippen molar-refractivity contribution in [2.75, 3.05) is 0 Å². The van der Waals surface area contributed by atoms with Gasteiger partial charge in [-0.1, -0.05) is 58.5 Å². The summed E-state index contributed by atoms with van der Waals surface area (Å²) in [4.78, 5) is 29.7. The van der Waals surface area contributed by atoms with Crippen molar-refractivity contribution in [3.05, 3.63) is 99.0 Å². The highest BCUT2D eigenvalue weighted by Crippen LogP contribution is 2.21. The van der Waals surface area contributed by atoms with Crippen LogP contribution in [0, 0.1) is 0 Å². The van der Waals surface area contributed by atoms with Crippen LogP contribution in [0.1, 0.15) is 11.1 Å². The topological polar surface area (TPSA) is 65.7 Å². The maximum Gasteiger partial charge on any atom is 0.272 e. The highest BCUT2D eigenvalue weighted by atomic mass is 35.5. The lowest BCUT2D eigenvalue weighted by molar-refractivity contribution is 1.00. The SMILES string of the molecule is O=c1[nH]/c(=C\c2ccc(Cl)cc2Cl)c(=O)[nH]c1=Cc1ccc(Cl)cc1Cl. The first kappa shape index (κ1) is 18.8. The van der Waals surface area contributed by atoms with Gasteiger partial charge in [-0.2, -0.15) is 0 Å². The Morgan fingerprint density at radius 3 is 1.38 bits per heavy atom. The Labute approximate surface area is 167 Å². The fourth-order valence-electron chi connectivity index (χ4n) is 2.24. The minimum atomic E-state index is -0.480. The standard InChI is InChI=1S/C18H10Cl4N2O2/c19-11-3-1-9(13(21)7-11)5-15-17(25)24-16(18(26)23-15)6-10-2-4-12(20)8-14(10)22/h1-8H,(H,23,26)(H,24,25)/b15-5-,16-6?. The van der Waals surface area contributed by atoms with Crippen LogP contribution in [0.3, 0.4) is 0 Å². The van der Waals surface area contributed by atoms with Crippen LogP contribution in [0.15, 0.2) is 46.0 Å². The molecule has 3 aromatic rings. The van der Waals surface area contributed by atoms with E-state index >= 15 is 0 Å². The van der Waals surface area contributed by atoms with Crippen molar-refractivity contribution in [1.82, 2.24) is 9.97 Å². The number of hydrogen-bond acceptors (Lipinski definition) is 2. The summed E-state index contributed by atoms with van der Waals surface area (Å²) in [5.41, 5.74) is 0.142. The van der Waals surface area contributed by atoms with Crippen LogP contribution in [0.2, 0.25) is 20.1 Å². The lowest BCUT2D eigenvalue weighted by Gasteiger charge is -1.99.